The summed E-state index contributed by atoms with van der Waals surface area (Å²) in [7, 11) is 1.65. The summed E-state index contributed by atoms with van der Waals surface area (Å²) in [6.07, 6.45) is 8.67. The third-order valence-corrected chi connectivity index (χ3v) is 16.6. The Hall–Kier alpha value is -7.02. The van der Waals surface area contributed by atoms with Gasteiger partial charge >= 0.3 is 12.1 Å². The summed E-state index contributed by atoms with van der Waals surface area (Å²) >= 11 is 0. The number of likely N-dealkylation sites (N-methyl/N-ethyl adjacent to an activating group) is 1. The second-order valence-electron chi connectivity index (χ2n) is 21.4. The molecule has 4 heterocycles. The van der Waals surface area contributed by atoms with Crippen LogP contribution in [0, 0.1) is 0 Å². The number of aryl methyl sites for hydroxylation is 2. The Labute approximate surface area is 445 Å². The number of urea groups is 2. The quantitative estimate of drug-likeness (QED) is 0.132. The number of benzene rings is 3. The topological polar surface area (TPSA) is 234 Å². The number of amides is 10. The van der Waals surface area contributed by atoms with Crippen molar-refractivity contribution in [1.29, 1.82) is 0 Å². The van der Waals surface area contributed by atoms with Gasteiger partial charge in [-0.1, -0.05) is 79.7 Å². The number of nitrogens with zero attached hydrogens (tertiary/aromatic N) is 4. The van der Waals surface area contributed by atoms with Crippen LogP contribution in [0.3, 0.4) is 0 Å². The predicted molar refractivity (Wildman–Crippen MR) is 284 cm³/mol. The van der Waals surface area contributed by atoms with E-state index in [1.54, 1.807) is 40.5 Å². The van der Waals surface area contributed by atoms with E-state index in [1.165, 1.54) is 11.1 Å². The standard InChI is InChI=1S/C57H75N11O8/c1-4-50(69)61-46-33-65(28-26-40-22-24-48(67(40)54(46)73)52(71)62-44-20-10-16-38-14-5-7-18-42(38)44)56(75)59-31-36-12-9-13-37(30-36)32-60-57(76)66-29-27-41-23-25-49(68(41)55(74)47(34-66)64-51(70)35(2)58-3)53(72)63-45-21-11-17-39-15-6-8-19-43(39)45/h5-9,12-15,18-19,30,35,40-41,44-49,58H,4,10-11,16-17,20-29,31-34H2,1-3H3,(H,59,75)(H,60,76)(H,61,69)(H,62,71)(H,63,72)(H,64,70)/t35-,40+,41+,44+,45+,46-,47?,48?,49-/m0/s1. The Balaban J connectivity index is 0.806. The molecule has 0 radical (unpaired) electrons. The lowest BCUT2D eigenvalue weighted by Gasteiger charge is -2.39. The van der Waals surface area contributed by atoms with Gasteiger partial charge in [-0.05, 0) is 124 Å². The molecule has 4 saturated heterocycles. The van der Waals surface area contributed by atoms with Gasteiger partial charge in [0.15, 0.2) is 0 Å². The highest BCUT2D eigenvalue weighted by molar-refractivity contribution is 5.95. The van der Waals surface area contributed by atoms with Crippen LogP contribution in [0.5, 0.6) is 0 Å². The number of nitrogens with one attached hydrogen (secondary N) is 7. The van der Waals surface area contributed by atoms with E-state index in [-0.39, 0.29) is 80.4 Å². The summed E-state index contributed by atoms with van der Waals surface area (Å²) in [5.74, 6) is -1.91. The van der Waals surface area contributed by atoms with Crippen molar-refractivity contribution in [2.24, 2.45) is 0 Å². The summed E-state index contributed by atoms with van der Waals surface area (Å²) in [6.45, 7) is 4.10. The van der Waals surface area contributed by atoms with Crippen molar-refractivity contribution in [2.75, 3.05) is 33.2 Å². The average molecular weight is 1040 g/mol. The minimum atomic E-state index is -1.09. The fraction of sp³-hybridized carbons (Fsp3) is 0.544. The molecule has 19 nitrogen and oxygen atoms in total. The third-order valence-electron chi connectivity index (χ3n) is 16.6. The van der Waals surface area contributed by atoms with Crippen molar-refractivity contribution in [3.8, 4) is 0 Å². The van der Waals surface area contributed by atoms with Crippen LogP contribution in [0.15, 0.2) is 72.8 Å². The molecule has 0 saturated carbocycles. The molecular weight excluding hydrogens is 967 g/mol. The highest BCUT2D eigenvalue weighted by atomic mass is 16.2. The van der Waals surface area contributed by atoms with Gasteiger partial charge in [0.05, 0.1) is 31.2 Å². The lowest BCUT2D eigenvalue weighted by Crippen LogP contribution is -2.63. The number of fused-ring (bicyclic) bond motifs is 4. The van der Waals surface area contributed by atoms with Gasteiger partial charge in [-0.15, -0.1) is 0 Å². The van der Waals surface area contributed by atoms with Crippen LogP contribution in [0.1, 0.15) is 130 Å². The summed E-state index contributed by atoms with van der Waals surface area (Å²) < 4.78 is 0. The molecule has 6 aliphatic rings. The Kier molecular flexibility index (Phi) is 17.2. The number of hydrogen-bond donors (Lipinski definition) is 7. The van der Waals surface area contributed by atoms with Crippen molar-refractivity contribution >= 4 is 47.5 Å². The van der Waals surface area contributed by atoms with Crippen LogP contribution in [0.25, 0.3) is 0 Å². The molecule has 406 valence electrons. The van der Waals surface area contributed by atoms with Gasteiger partial charge in [0.25, 0.3) is 0 Å². The molecule has 0 aromatic heterocycles. The minimum Gasteiger partial charge on any atom is -0.347 e. The van der Waals surface area contributed by atoms with E-state index in [2.05, 4.69) is 61.5 Å². The molecule has 76 heavy (non-hydrogen) atoms. The van der Waals surface area contributed by atoms with Crippen LogP contribution in [0.4, 0.5) is 9.59 Å². The lowest BCUT2D eigenvalue weighted by molar-refractivity contribution is -0.145. The first-order valence-electron chi connectivity index (χ1n) is 27.6. The van der Waals surface area contributed by atoms with Crippen molar-refractivity contribution in [1.82, 2.24) is 56.8 Å². The lowest BCUT2D eigenvalue weighted by atomic mass is 9.87. The first kappa shape index (κ1) is 53.8. The predicted octanol–water partition coefficient (Wildman–Crippen LogP) is 3.61. The fourth-order valence-corrected chi connectivity index (χ4v) is 12.3. The minimum absolute atomic E-state index is 0.0677. The van der Waals surface area contributed by atoms with Gasteiger partial charge < -0.3 is 56.8 Å². The molecule has 4 aliphatic heterocycles. The largest absolute Gasteiger partial charge is 0.347 e. The van der Waals surface area contributed by atoms with Crippen LogP contribution in [0.2, 0.25) is 0 Å². The van der Waals surface area contributed by atoms with E-state index < -0.39 is 54.1 Å². The van der Waals surface area contributed by atoms with Crippen LogP contribution >= 0.6 is 0 Å². The van der Waals surface area contributed by atoms with Gasteiger partial charge in [0.2, 0.25) is 35.4 Å². The Morgan fingerprint density at radius 2 is 1.04 bits per heavy atom. The zero-order chi connectivity index (χ0) is 53.5. The Morgan fingerprint density at radius 3 is 1.51 bits per heavy atom. The van der Waals surface area contributed by atoms with E-state index in [4.69, 9.17) is 0 Å². The molecular formula is C57H75N11O8. The second-order valence-corrected chi connectivity index (χ2v) is 21.4. The number of carbonyl (C=O) groups excluding carboxylic acids is 8. The third kappa shape index (κ3) is 12.1. The molecule has 19 heteroatoms. The molecule has 9 atom stereocenters. The fourth-order valence-electron chi connectivity index (χ4n) is 12.3. The monoisotopic (exact) mass is 1040 g/mol. The van der Waals surface area contributed by atoms with Gasteiger partial charge in [0, 0.05) is 44.7 Å². The Bertz CT molecular complexity index is 2670. The van der Waals surface area contributed by atoms with Crippen molar-refractivity contribution in [2.45, 2.75) is 165 Å². The number of hydrogen-bond acceptors (Lipinski definition) is 9. The molecule has 2 aliphatic carbocycles. The molecule has 10 amide bonds. The van der Waals surface area contributed by atoms with E-state index in [1.807, 2.05) is 48.5 Å². The maximum atomic E-state index is 14.6. The van der Waals surface area contributed by atoms with Crippen LogP contribution in [-0.4, -0.2) is 143 Å². The van der Waals surface area contributed by atoms with Gasteiger partial charge in [-0.3, -0.25) is 28.8 Å². The van der Waals surface area contributed by atoms with Crippen LogP contribution in [-0.2, 0) is 54.7 Å². The van der Waals surface area contributed by atoms with E-state index >= 15 is 0 Å². The van der Waals surface area contributed by atoms with E-state index in [0.717, 1.165) is 60.8 Å². The molecule has 3 aromatic rings. The molecule has 0 bridgehead atoms. The zero-order valence-electron chi connectivity index (χ0n) is 44.1. The molecule has 9 rings (SSSR count). The molecule has 4 fully saturated rings. The molecule has 3 aromatic carbocycles. The maximum absolute atomic E-state index is 14.6. The summed E-state index contributed by atoms with van der Waals surface area (Å²) in [5.41, 5.74) is 6.19. The normalized spacial score (nSPS) is 25.7. The average Bonchev–Trinajstić information content (AvgIpc) is 4.07. The number of rotatable bonds is 13. The molecule has 2 unspecified atom stereocenters. The Morgan fingerprint density at radius 1 is 0.566 bits per heavy atom. The maximum Gasteiger partial charge on any atom is 0.317 e. The van der Waals surface area contributed by atoms with Gasteiger partial charge in [-0.25, -0.2) is 9.59 Å². The van der Waals surface area contributed by atoms with Gasteiger partial charge in [-0.2, -0.15) is 0 Å². The number of carbonyl (C=O) groups is 8. The summed E-state index contributed by atoms with van der Waals surface area (Å²) in [5, 5.41) is 21.1. The zero-order valence-corrected chi connectivity index (χ0v) is 44.1. The second kappa shape index (κ2) is 24.3. The highest BCUT2D eigenvalue weighted by Crippen LogP contribution is 2.35. The van der Waals surface area contributed by atoms with Gasteiger partial charge in [0.1, 0.15) is 24.2 Å². The smallest absolute Gasteiger partial charge is 0.317 e. The first-order chi connectivity index (χ1) is 36.8. The van der Waals surface area contributed by atoms with Crippen molar-refractivity contribution in [3.63, 3.8) is 0 Å². The van der Waals surface area contributed by atoms with Crippen molar-refractivity contribution in [3.05, 3.63) is 106 Å². The van der Waals surface area contributed by atoms with E-state index in [0.29, 0.717) is 51.6 Å². The molecule has 7 N–H and O–H groups in total. The SMILES string of the molecule is CCC(=O)N[C@H]1CN(C(=O)NCc2cccc(CNC(=O)N3CC[C@H]4CC[C@@H](C(=O)N[C@@H]5CCCc6ccccc65)N4C(=O)C(NC(=O)[C@H](C)NC)C3)c2)CC[C@H]2CCC(C(=O)N[C@@H]3CCCc4ccccc43)N2C1=O. The van der Waals surface area contributed by atoms with Crippen LogP contribution < -0.4 is 37.2 Å². The first-order valence-corrected chi connectivity index (χ1v) is 27.6. The van der Waals surface area contributed by atoms with Crippen molar-refractivity contribution < 1.29 is 38.4 Å². The van der Waals surface area contributed by atoms with E-state index in [9.17, 15) is 38.4 Å². The highest BCUT2D eigenvalue weighted by Gasteiger charge is 2.48. The molecule has 0 spiro atoms. The summed E-state index contributed by atoms with van der Waals surface area (Å²) in [4.78, 5) is 118. The summed E-state index contributed by atoms with van der Waals surface area (Å²) in [6, 6.07) is 17.9.